The molecule has 23 heavy (non-hydrogen) atoms. The minimum absolute atomic E-state index is 0.898. The topological polar surface area (TPSA) is 31.0 Å². The van der Waals surface area contributed by atoms with Crippen LogP contribution in [0, 0.1) is 20.8 Å². The molecule has 0 N–H and O–H groups in total. The van der Waals surface area contributed by atoms with Crippen molar-refractivity contribution < 1.29 is 4.42 Å². The van der Waals surface area contributed by atoms with Crippen molar-refractivity contribution >= 4 is 11.0 Å². The van der Waals surface area contributed by atoms with Gasteiger partial charge < -0.3 is 4.42 Å². The average Bonchev–Trinajstić information content (AvgIpc) is 3.13. The summed E-state index contributed by atoms with van der Waals surface area (Å²) in [6.07, 6.45) is 5.60. The molecule has 0 aliphatic carbocycles. The van der Waals surface area contributed by atoms with Crippen molar-refractivity contribution in [2.45, 2.75) is 20.8 Å². The molecule has 0 aliphatic heterocycles. The van der Waals surface area contributed by atoms with Gasteiger partial charge in [0.1, 0.15) is 11.4 Å². The quantitative estimate of drug-likeness (QED) is 0.509. The molecule has 0 unspecified atom stereocenters. The number of furan rings is 1. The van der Waals surface area contributed by atoms with Crippen LogP contribution in [0.15, 0.2) is 59.5 Å². The smallest absolute Gasteiger partial charge is 0.144 e. The molecule has 3 nitrogen and oxygen atoms in total. The summed E-state index contributed by atoms with van der Waals surface area (Å²) in [6.45, 7) is 6.43. The fourth-order valence-electron chi connectivity index (χ4n) is 3.36. The Morgan fingerprint density at radius 3 is 2.52 bits per heavy atom. The van der Waals surface area contributed by atoms with Gasteiger partial charge in [0.2, 0.25) is 0 Å². The van der Waals surface area contributed by atoms with E-state index in [1.54, 1.807) is 6.26 Å². The molecule has 2 aromatic carbocycles. The monoisotopic (exact) mass is 302 g/mol. The standard InChI is InChI=1S/C20H18N2O/c1-13-10-14(2)19(15(3)11-13)22-8-7-21-20(22)17-4-5-18-16(12-17)6-9-23-18/h4-12H,1-3H3. The first-order valence-electron chi connectivity index (χ1n) is 7.73. The van der Waals surface area contributed by atoms with E-state index in [0.29, 0.717) is 0 Å². The largest absolute Gasteiger partial charge is 0.464 e. The minimum atomic E-state index is 0.898. The second-order valence-corrected chi connectivity index (χ2v) is 6.04. The minimum Gasteiger partial charge on any atom is -0.464 e. The Bertz CT molecular complexity index is 984. The maximum atomic E-state index is 5.43. The van der Waals surface area contributed by atoms with Crippen molar-refractivity contribution in [2.75, 3.05) is 0 Å². The molecule has 4 rings (SSSR count). The van der Waals surface area contributed by atoms with Crippen molar-refractivity contribution in [1.82, 2.24) is 9.55 Å². The molecule has 2 heterocycles. The van der Waals surface area contributed by atoms with Gasteiger partial charge in [0, 0.05) is 23.3 Å². The molecule has 0 spiro atoms. The molecule has 2 aromatic heterocycles. The summed E-state index contributed by atoms with van der Waals surface area (Å²) in [7, 11) is 0. The number of nitrogens with zero attached hydrogens (tertiary/aromatic N) is 2. The van der Waals surface area contributed by atoms with Gasteiger partial charge in [-0.2, -0.15) is 0 Å². The van der Waals surface area contributed by atoms with Gasteiger partial charge in [-0.15, -0.1) is 0 Å². The van der Waals surface area contributed by atoms with Crippen LogP contribution < -0.4 is 0 Å². The molecule has 0 radical (unpaired) electrons. The molecule has 0 saturated carbocycles. The SMILES string of the molecule is Cc1cc(C)c(-n2ccnc2-c2ccc3occc3c2)c(C)c1. The average molecular weight is 302 g/mol. The summed E-state index contributed by atoms with van der Waals surface area (Å²) in [5.74, 6) is 0.947. The Hall–Kier alpha value is -2.81. The van der Waals surface area contributed by atoms with Gasteiger partial charge in [-0.1, -0.05) is 17.7 Å². The van der Waals surface area contributed by atoms with E-state index in [0.717, 1.165) is 22.4 Å². The molecular weight excluding hydrogens is 284 g/mol. The van der Waals surface area contributed by atoms with E-state index >= 15 is 0 Å². The van der Waals surface area contributed by atoms with E-state index in [-0.39, 0.29) is 0 Å². The first-order chi connectivity index (χ1) is 11.1. The van der Waals surface area contributed by atoms with Gasteiger partial charge in [-0.3, -0.25) is 4.57 Å². The highest BCUT2D eigenvalue weighted by atomic mass is 16.3. The summed E-state index contributed by atoms with van der Waals surface area (Å²) in [5, 5.41) is 1.09. The van der Waals surface area contributed by atoms with Crippen molar-refractivity contribution in [2.24, 2.45) is 0 Å². The van der Waals surface area contributed by atoms with Crippen molar-refractivity contribution in [3.05, 3.63) is 71.7 Å². The van der Waals surface area contributed by atoms with E-state index in [1.807, 2.05) is 24.5 Å². The molecule has 0 amide bonds. The normalized spacial score (nSPS) is 11.3. The molecule has 0 saturated heterocycles. The predicted octanol–water partition coefficient (Wildman–Crippen LogP) is 5.21. The van der Waals surface area contributed by atoms with Crippen LogP contribution in [0.4, 0.5) is 0 Å². The van der Waals surface area contributed by atoms with Crippen LogP contribution in [0.5, 0.6) is 0 Å². The van der Waals surface area contributed by atoms with Crippen LogP contribution in [0.1, 0.15) is 16.7 Å². The van der Waals surface area contributed by atoms with Crippen LogP contribution >= 0.6 is 0 Å². The number of imidazole rings is 1. The second-order valence-electron chi connectivity index (χ2n) is 6.04. The number of benzene rings is 2. The Morgan fingerprint density at radius 1 is 0.957 bits per heavy atom. The highest BCUT2D eigenvalue weighted by Gasteiger charge is 2.13. The van der Waals surface area contributed by atoms with Crippen LogP contribution in [0.2, 0.25) is 0 Å². The number of rotatable bonds is 2. The van der Waals surface area contributed by atoms with Gasteiger partial charge in [0.25, 0.3) is 0 Å². The maximum Gasteiger partial charge on any atom is 0.144 e. The first-order valence-corrected chi connectivity index (χ1v) is 7.73. The molecule has 0 atom stereocenters. The lowest BCUT2D eigenvalue weighted by Crippen LogP contribution is -2.02. The Morgan fingerprint density at radius 2 is 1.74 bits per heavy atom. The third kappa shape index (κ3) is 2.25. The summed E-state index contributed by atoms with van der Waals surface area (Å²) < 4.78 is 7.60. The van der Waals surface area contributed by atoms with Gasteiger partial charge >= 0.3 is 0 Å². The third-order valence-electron chi connectivity index (χ3n) is 4.23. The Kier molecular flexibility index (Phi) is 3.08. The highest BCUT2D eigenvalue weighted by molar-refractivity contribution is 5.82. The summed E-state index contributed by atoms with van der Waals surface area (Å²) in [4.78, 5) is 4.59. The molecule has 4 aromatic rings. The van der Waals surface area contributed by atoms with Crippen LogP contribution in [-0.2, 0) is 0 Å². The van der Waals surface area contributed by atoms with E-state index in [9.17, 15) is 0 Å². The van der Waals surface area contributed by atoms with Crippen molar-refractivity contribution in [3.63, 3.8) is 0 Å². The van der Waals surface area contributed by atoms with E-state index < -0.39 is 0 Å². The molecule has 0 bridgehead atoms. The van der Waals surface area contributed by atoms with Gasteiger partial charge in [0.15, 0.2) is 0 Å². The molecule has 114 valence electrons. The van der Waals surface area contributed by atoms with Gasteiger partial charge in [-0.25, -0.2) is 4.98 Å². The summed E-state index contributed by atoms with van der Waals surface area (Å²) >= 11 is 0. The lowest BCUT2D eigenvalue weighted by Gasteiger charge is -2.15. The Balaban J connectivity index is 1.92. The van der Waals surface area contributed by atoms with Crippen LogP contribution in [0.3, 0.4) is 0 Å². The number of hydrogen-bond acceptors (Lipinski definition) is 2. The molecule has 0 fully saturated rings. The van der Waals surface area contributed by atoms with Crippen LogP contribution in [0.25, 0.3) is 28.0 Å². The number of hydrogen-bond donors (Lipinski definition) is 0. The zero-order chi connectivity index (χ0) is 16.0. The van der Waals surface area contributed by atoms with Crippen LogP contribution in [-0.4, -0.2) is 9.55 Å². The fourth-order valence-corrected chi connectivity index (χ4v) is 3.36. The van der Waals surface area contributed by atoms with E-state index in [2.05, 4.69) is 54.6 Å². The molecular formula is C20H18N2O. The fraction of sp³-hybridized carbons (Fsp3) is 0.150. The summed E-state index contributed by atoms with van der Waals surface area (Å²) in [6, 6.07) is 12.6. The van der Waals surface area contributed by atoms with Crippen molar-refractivity contribution in [1.29, 1.82) is 0 Å². The highest BCUT2D eigenvalue weighted by Crippen LogP contribution is 2.29. The third-order valence-corrected chi connectivity index (χ3v) is 4.23. The van der Waals surface area contributed by atoms with E-state index in [1.165, 1.54) is 22.4 Å². The molecule has 3 heteroatoms. The maximum absolute atomic E-state index is 5.43. The zero-order valence-electron chi connectivity index (χ0n) is 13.5. The van der Waals surface area contributed by atoms with E-state index in [4.69, 9.17) is 4.42 Å². The van der Waals surface area contributed by atoms with Gasteiger partial charge in [0.05, 0.1) is 12.0 Å². The number of aryl methyl sites for hydroxylation is 3. The first kappa shape index (κ1) is 13.8. The number of fused-ring (bicyclic) bond motifs is 1. The second kappa shape index (κ2) is 5.13. The lowest BCUT2D eigenvalue weighted by molar-refractivity contribution is 0.616. The lowest BCUT2D eigenvalue weighted by atomic mass is 10.0. The van der Waals surface area contributed by atoms with Gasteiger partial charge in [-0.05, 0) is 56.2 Å². The number of aromatic nitrogens is 2. The summed E-state index contributed by atoms with van der Waals surface area (Å²) in [5.41, 5.74) is 6.98. The molecule has 0 aliphatic rings. The van der Waals surface area contributed by atoms with Crippen molar-refractivity contribution in [3.8, 4) is 17.1 Å². The Labute approximate surface area is 135 Å². The zero-order valence-corrected chi connectivity index (χ0v) is 13.5. The predicted molar refractivity (Wildman–Crippen MR) is 93.0 cm³/mol.